The SMILES string of the molecule is CC(C)NC(CN(C)C1CCC1)C(=O)O. The predicted octanol–water partition coefficient (Wildman–Crippen LogP) is 0.922. The van der Waals surface area contributed by atoms with Crippen LogP contribution in [-0.4, -0.2) is 47.7 Å². The minimum absolute atomic E-state index is 0.209. The second-order valence-electron chi connectivity index (χ2n) is 4.74. The Labute approximate surface area is 91.6 Å². The van der Waals surface area contributed by atoms with Crippen molar-refractivity contribution in [1.29, 1.82) is 0 Å². The van der Waals surface area contributed by atoms with E-state index in [1.165, 1.54) is 19.3 Å². The van der Waals surface area contributed by atoms with Crippen molar-refractivity contribution in [3.05, 3.63) is 0 Å². The molecular weight excluding hydrogens is 192 g/mol. The summed E-state index contributed by atoms with van der Waals surface area (Å²) >= 11 is 0. The molecule has 4 heteroatoms. The van der Waals surface area contributed by atoms with Crippen molar-refractivity contribution < 1.29 is 9.90 Å². The lowest BCUT2D eigenvalue weighted by Crippen LogP contribution is -2.51. The van der Waals surface area contributed by atoms with Crippen molar-refractivity contribution in [2.45, 2.75) is 51.2 Å². The maximum atomic E-state index is 11.0. The van der Waals surface area contributed by atoms with Gasteiger partial charge in [-0.1, -0.05) is 20.3 Å². The summed E-state index contributed by atoms with van der Waals surface area (Å²) in [7, 11) is 2.02. The fraction of sp³-hybridized carbons (Fsp3) is 0.909. The highest BCUT2D eigenvalue weighted by Crippen LogP contribution is 2.23. The third-order valence-corrected chi connectivity index (χ3v) is 3.00. The number of aliphatic carboxylic acids is 1. The minimum atomic E-state index is -0.755. The summed E-state index contributed by atoms with van der Waals surface area (Å²) in [6.45, 7) is 4.54. The Hall–Kier alpha value is -0.610. The third kappa shape index (κ3) is 3.80. The molecule has 1 rings (SSSR count). The molecular formula is C11H22N2O2. The van der Waals surface area contributed by atoms with Gasteiger partial charge in [-0.05, 0) is 19.9 Å². The van der Waals surface area contributed by atoms with Gasteiger partial charge in [-0.2, -0.15) is 0 Å². The smallest absolute Gasteiger partial charge is 0.322 e. The average Bonchev–Trinajstić information content (AvgIpc) is 1.98. The predicted molar refractivity (Wildman–Crippen MR) is 60.0 cm³/mol. The molecule has 0 saturated heterocycles. The van der Waals surface area contributed by atoms with Gasteiger partial charge < -0.3 is 15.3 Å². The van der Waals surface area contributed by atoms with Gasteiger partial charge in [0.2, 0.25) is 0 Å². The fourth-order valence-electron chi connectivity index (χ4n) is 1.87. The summed E-state index contributed by atoms with van der Waals surface area (Å²) in [4.78, 5) is 13.2. The molecule has 0 aliphatic heterocycles. The van der Waals surface area contributed by atoms with Gasteiger partial charge in [-0.15, -0.1) is 0 Å². The number of hydrogen-bond donors (Lipinski definition) is 2. The molecule has 1 aliphatic rings. The number of carbonyl (C=O) groups is 1. The molecule has 0 radical (unpaired) electrons. The van der Waals surface area contributed by atoms with Crippen molar-refractivity contribution >= 4 is 5.97 Å². The lowest BCUT2D eigenvalue weighted by Gasteiger charge is -2.36. The third-order valence-electron chi connectivity index (χ3n) is 3.00. The van der Waals surface area contributed by atoms with E-state index >= 15 is 0 Å². The van der Waals surface area contributed by atoms with Gasteiger partial charge in [-0.3, -0.25) is 4.79 Å². The summed E-state index contributed by atoms with van der Waals surface area (Å²) in [5, 5.41) is 12.1. The Morgan fingerprint density at radius 2 is 2.13 bits per heavy atom. The van der Waals surface area contributed by atoms with Crippen LogP contribution in [0.4, 0.5) is 0 Å². The number of carboxylic acids is 1. The molecule has 0 amide bonds. The molecule has 0 aromatic rings. The molecule has 1 saturated carbocycles. The maximum Gasteiger partial charge on any atom is 0.322 e. The molecule has 4 nitrogen and oxygen atoms in total. The first-order valence-electron chi connectivity index (χ1n) is 5.69. The molecule has 1 unspecified atom stereocenters. The lowest BCUT2D eigenvalue weighted by molar-refractivity contribution is -0.140. The van der Waals surface area contributed by atoms with Gasteiger partial charge in [0.25, 0.3) is 0 Å². The second-order valence-corrected chi connectivity index (χ2v) is 4.74. The number of rotatable bonds is 6. The topological polar surface area (TPSA) is 52.6 Å². The van der Waals surface area contributed by atoms with Crippen molar-refractivity contribution in [2.75, 3.05) is 13.6 Å². The van der Waals surface area contributed by atoms with Crippen molar-refractivity contribution in [3.63, 3.8) is 0 Å². The van der Waals surface area contributed by atoms with Crippen LogP contribution in [0.1, 0.15) is 33.1 Å². The molecule has 0 heterocycles. The van der Waals surface area contributed by atoms with Crippen LogP contribution in [0.5, 0.6) is 0 Å². The highest BCUT2D eigenvalue weighted by Gasteiger charge is 2.26. The Morgan fingerprint density at radius 3 is 2.47 bits per heavy atom. The first-order valence-corrected chi connectivity index (χ1v) is 5.69. The van der Waals surface area contributed by atoms with E-state index in [4.69, 9.17) is 5.11 Å². The Morgan fingerprint density at radius 1 is 1.53 bits per heavy atom. The van der Waals surface area contributed by atoms with E-state index in [-0.39, 0.29) is 6.04 Å². The summed E-state index contributed by atoms with van der Waals surface area (Å²) in [5.74, 6) is -0.755. The molecule has 1 fully saturated rings. The highest BCUT2D eigenvalue weighted by atomic mass is 16.4. The average molecular weight is 214 g/mol. The van der Waals surface area contributed by atoms with Crippen LogP contribution in [0, 0.1) is 0 Å². The largest absolute Gasteiger partial charge is 0.480 e. The number of likely N-dealkylation sites (N-methyl/N-ethyl adjacent to an activating group) is 1. The summed E-state index contributed by atoms with van der Waals surface area (Å²) in [5.41, 5.74) is 0. The van der Waals surface area contributed by atoms with Crippen molar-refractivity contribution in [2.24, 2.45) is 0 Å². The number of hydrogen-bond acceptors (Lipinski definition) is 3. The first kappa shape index (κ1) is 12.5. The van der Waals surface area contributed by atoms with Crippen LogP contribution < -0.4 is 5.32 Å². The van der Waals surface area contributed by atoms with Gasteiger partial charge in [-0.25, -0.2) is 0 Å². The number of carboxylic acid groups (broad SMARTS) is 1. The molecule has 1 aliphatic carbocycles. The zero-order valence-electron chi connectivity index (χ0n) is 9.86. The lowest BCUT2D eigenvalue weighted by atomic mass is 9.91. The monoisotopic (exact) mass is 214 g/mol. The Bertz CT molecular complexity index is 215. The molecule has 1 atom stereocenters. The second kappa shape index (κ2) is 5.47. The summed E-state index contributed by atoms with van der Waals surface area (Å²) in [6, 6.07) is 0.359. The molecule has 2 N–H and O–H groups in total. The van der Waals surface area contributed by atoms with Gasteiger partial charge >= 0.3 is 5.97 Å². The highest BCUT2D eigenvalue weighted by molar-refractivity contribution is 5.73. The summed E-state index contributed by atoms with van der Waals surface area (Å²) < 4.78 is 0. The van der Waals surface area contributed by atoms with E-state index in [1.807, 2.05) is 20.9 Å². The van der Waals surface area contributed by atoms with Crippen molar-refractivity contribution in [1.82, 2.24) is 10.2 Å². The summed E-state index contributed by atoms with van der Waals surface area (Å²) in [6.07, 6.45) is 3.71. The quantitative estimate of drug-likeness (QED) is 0.690. The van der Waals surface area contributed by atoms with Crippen molar-refractivity contribution in [3.8, 4) is 0 Å². The number of nitrogens with one attached hydrogen (secondary N) is 1. The van der Waals surface area contributed by atoms with E-state index in [1.54, 1.807) is 0 Å². The normalized spacial score (nSPS) is 19.3. The van der Waals surface area contributed by atoms with Crippen LogP contribution in [0.2, 0.25) is 0 Å². The van der Waals surface area contributed by atoms with Crippen LogP contribution in [-0.2, 0) is 4.79 Å². The van der Waals surface area contributed by atoms with E-state index in [0.717, 1.165) is 0 Å². The first-order chi connectivity index (χ1) is 7.00. The van der Waals surface area contributed by atoms with E-state index in [2.05, 4.69) is 10.2 Å². The molecule has 88 valence electrons. The molecule has 0 aromatic carbocycles. The van der Waals surface area contributed by atoms with E-state index in [0.29, 0.717) is 12.6 Å². The van der Waals surface area contributed by atoms with Crippen LogP contribution in [0.15, 0.2) is 0 Å². The van der Waals surface area contributed by atoms with Gasteiger partial charge in [0.05, 0.1) is 0 Å². The van der Waals surface area contributed by atoms with E-state index in [9.17, 15) is 4.79 Å². The van der Waals surface area contributed by atoms with Crippen LogP contribution >= 0.6 is 0 Å². The maximum absolute atomic E-state index is 11.0. The molecule has 0 spiro atoms. The van der Waals surface area contributed by atoms with Gasteiger partial charge in [0.1, 0.15) is 6.04 Å². The zero-order chi connectivity index (χ0) is 11.4. The molecule has 0 aromatic heterocycles. The Balaban J connectivity index is 2.38. The van der Waals surface area contributed by atoms with Gasteiger partial charge in [0.15, 0.2) is 0 Å². The molecule has 15 heavy (non-hydrogen) atoms. The van der Waals surface area contributed by atoms with Gasteiger partial charge in [0, 0.05) is 18.6 Å². The van der Waals surface area contributed by atoms with Crippen LogP contribution in [0.3, 0.4) is 0 Å². The Kier molecular flexibility index (Phi) is 4.54. The van der Waals surface area contributed by atoms with E-state index < -0.39 is 12.0 Å². The minimum Gasteiger partial charge on any atom is -0.480 e. The zero-order valence-corrected chi connectivity index (χ0v) is 9.86. The number of nitrogens with zero attached hydrogens (tertiary/aromatic N) is 1. The standard InChI is InChI=1S/C11H22N2O2/c1-8(2)12-10(11(14)15)7-13(3)9-5-4-6-9/h8-10,12H,4-7H2,1-3H3,(H,14,15). The van der Waals surface area contributed by atoms with Crippen LogP contribution in [0.25, 0.3) is 0 Å². The molecule has 0 bridgehead atoms. The fourth-order valence-corrected chi connectivity index (χ4v) is 1.87.